The van der Waals surface area contributed by atoms with Crippen LogP contribution in [0.3, 0.4) is 0 Å². The number of carbonyl (C=O) groups is 2. The van der Waals surface area contributed by atoms with E-state index in [1.165, 1.54) is 4.90 Å². The number of carboxylic acids is 1. The Hall–Kier alpha value is -1.98. The molecule has 100 valence electrons. The summed E-state index contributed by atoms with van der Waals surface area (Å²) >= 11 is 0. The van der Waals surface area contributed by atoms with Gasteiger partial charge < -0.3 is 19.7 Å². The highest BCUT2D eigenvalue weighted by molar-refractivity contribution is 5.73. The molecule has 6 nitrogen and oxygen atoms in total. The molecule has 0 atom stereocenters. The van der Waals surface area contributed by atoms with Crippen molar-refractivity contribution in [1.29, 1.82) is 0 Å². The number of rotatable bonds is 6. The molecule has 1 rings (SSSR count). The van der Waals surface area contributed by atoms with Crippen molar-refractivity contribution in [3.63, 3.8) is 0 Å². The van der Waals surface area contributed by atoms with Gasteiger partial charge in [0.2, 0.25) is 0 Å². The highest BCUT2D eigenvalue weighted by Crippen LogP contribution is 2.10. The van der Waals surface area contributed by atoms with E-state index in [-0.39, 0.29) is 12.5 Å². The normalized spacial score (nSPS) is 10.1. The first-order valence-corrected chi connectivity index (χ1v) is 5.74. The molecule has 0 saturated carbocycles. The monoisotopic (exact) mass is 254 g/mol. The van der Waals surface area contributed by atoms with Crippen molar-refractivity contribution in [2.24, 2.45) is 0 Å². The Morgan fingerprint density at radius 2 is 2.22 bits per heavy atom. The summed E-state index contributed by atoms with van der Waals surface area (Å²) < 4.78 is 5.24. The number of furan rings is 1. The molecule has 1 heterocycles. The summed E-state index contributed by atoms with van der Waals surface area (Å²) in [7, 11) is 1.66. The lowest BCUT2D eigenvalue weighted by molar-refractivity contribution is -0.137. The van der Waals surface area contributed by atoms with Crippen molar-refractivity contribution < 1.29 is 19.1 Å². The maximum Gasteiger partial charge on any atom is 0.317 e. The van der Waals surface area contributed by atoms with E-state index < -0.39 is 5.97 Å². The number of carboxylic acid groups (broad SMARTS) is 1. The van der Waals surface area contributed by atoms with Crippen molar-refractivity contribution in [3.05, 3.63) is 23.7 Å². The molecule has 0 spiro atoms. The largest absolute Gasteiger partial charge is 0.481 e. The van der Waals surface area contributed by atoms with Gasteiger partial charge in [-0.25, -0.2) is 4.79 Å². The fourth-order valence-corrected chi connectivity index (χ4v) is 1.42. The lowest BCUT2D eigenvalue weighted by atomic mass is 10.3. The molecule has 2 N–H and O–H groups in total. The standard InChI is InChI=1S/C12H18N2O4/c1-9-5-7-18-10(9)8-14(2)12(17)13-6-3-4-11(15)16/h5,7H,3-4,6,8H2,1-2H3,(H,13,17)(H,15,16). The summed E-state index contributed by atoms with van der Waals surface area (Å²) in [5.41, 5.74) is 1.00. The van der Waals surface area contributed by atoms with Crippen LogP contribution in [0, 0.1) is 6.92 Å². The van der Waals surface area contributed by atoms with Gasteiger partial charge in [-0.1, -0.05) is 0 Å². The quantitative estimate of drug-likeness (QED) is 0.755. The molecule has 0 aromatic carbocycles. The third-order valence-electron chi connectivity index (χ3n) is 2.54. The smallest absolute Gasteiger partial charge is 0.317 e. The summed E-state index contributed by atoms with van der Waals surface area (Å²) in [5.74, 6) is -0.109. The third-order valence-corrected chi connectivity index (χ3v) is 2.54. The first-order valence-electron chi connectivity index (χ1n) is 5.74. The van der Waals surface area contributed by atoms with Crippen molar-refractivity contribution in [1.82, 2.24) is 10.2 Å². The number of amides is 2. The van der Waals surface area contributed by atoms with E-state index in [9.17, 15) is 9.59 Å². The molecule has 0 aliphatic rings. The van der Waals surface area contributed by atoms with Gasteiger partial charge in [-0.05, 0) is 25.0 Å². The van der Waals surface area contributed by atoms with Crippen LogP contribution >= 0.6 is 0 Å². The molecule has 0 unspecified atom stereocenters. The third kappa shape index (κ3) is 4.48. The van der Waals surface area contributed by atoms with Crippen molar-refractivity contribution in [2.75, 3.05) is 13.6 Å². The number of urea groups is 1. The van der Waals surface area contributed by atoms with Gasteiger partial charge in [0.15, 0.2) is 0 Å². The average molecular weight is 254 g/mol. The zero-order valence-corrected chi connectivity index (χ0v) is 10.6. The number of nitrogens with zero attached hydrogens (tertiary/aromatic N) is 1. The van der Waals surface area contributed by atoms with Gasteiger partial charge >= 0.3 is 12.0 Å². The number of carbonyl (C=O) groups excluding carboxylic acids is 1. The molecule has 2 amide bonds. The number of hydrogen-bond donors (Lipinski definition) is 2. The molecule has 0 bridgehead atoms. The second-order valence-electron chi connectivity index (χ2n) is 4.11. The Balaban J connectivity index is 2.29. The van der Waals surface area contributed by atoms with E-state index >= 15 is 0 Å². The van der Waals surface area contributed by atoms with Crippen molar-refractivity contribution in [3.8, 4) is 0 Å². The van der Waals surface area contributed by atoms with Crippen LogP contribution in [0.15, 0.2) is 16.7 Å². The first-order chi connectivity index (χ1) is 8.50. The Morgan fingerprint density at radius 3 is 2.78 bits per heavy atom. The molecule has 0 saturated heterocycles. The summed E-state index contributed by atoms with van der Waals surface area (Å²) in [6, 6.07) is 1.60. The minimum absolute atomic E-state index is 0.0568. The molecular weight excluding hydrogens is 236 g/mol. The molecule has 0 fully saturated rings. The van der Waals surface area contributed by atoms with E-state index in [2.05, 4.69) is 5.32 Å². The summed E-state index contributed by atoms with van der Waals surface area (Å²) in [6.07, 6.45) is 2.07. The summed E-state index contributed by atoms with van der Waals surface area (Å²) in [4.78, 5) is 23.4. The fourth-order valence-electron chi connectivity index (χ4n) is 1.42. The highest BCUT2D eigenvalue weighted by Gasteiger charge is 2.11. The van der Waals surface area contributed by atoms with E-state index in [0.717, 1.165) is 11.3 Å². The Morgan fingerprint density at radius 1 is 1.50 bits per heavy atom. The average Bonchev–Trinajstić information content (AvgIpc) is 2.70. The predicted molar refractivity (Wildman–Crippen MR) is 65.2 cm³/mol. The van der Waals surface area contributed by atoms with Gasteiger partial charge in [-0.2, -0.15) is 0 Å². The van der Waals surface area contributed by atoms with E-state index in [0.29, 0.717) is 19.5 Å². The van der Waals surface area contributed by atoms with E-state index in [1.807, 2.05) is 13.0 Å². The molecular formula is C12H18N2O4. The number of aryl methyl sites for hydroxylation is 1. The minimum atomic E-state index is -0.858. The van der Waals surface area contributed by atoms with Crippen molar-refractivity contribution >= 4 is 12.0 Å². The number of aliphatic carboxylic acids is 1. The summed E-state index contributed by atoms with van der Waals surface area (Å²) in [6.45, 7) is 2.66. The van der Waals surface area contributed by atoms with Gasteiger partial charge in [0.25, 0.3) is 0 Å². The molecule has 1 aromatic rings. The minimum Gasteiger partial charge on any atom is -0.481 e. The summed E-state index contributed by atoms with van der Waals surface area (Å²) in [5, 5.41) is 11.1. The van der Waals surface area contributed by atoms with Crippen LogP contribution in [-0.2, 0) is 11.3 Å². The predicted octanol–water partition coefficient (Wildman–Crippen LogP) is 1.59. The van der Waals surface area contributed by atoms with Crippen LogP contribution < -0.4 is 5.32 Å². The topological polar surface area (TPSA) is 82.8 Å². The van der Waals surface area contributed by atoms with Gasteiger partial charge in [-0.3, -0.25) is 4.79 Å². The van der Waals surface area contributed by atoms with Gasteiger partial charge in [-0.15, -0.1) is 0 Å². The maximum atomic E-state index is 11.7. The van der Waals surface area contributed by atoms with Gasteiger partial charge in [0, 0.05) is 20.0 Å². The molecule has 6 heteroatoms. The lowest BCUT2D eigenvalue weighted by Gasteiger charge is -2.16. The Labute approximate surface area is 106 Å². The van der Waals surface area contributed by atoms with E-state index in [4.69, 9.17) is 9.52 Å². The number of nitrogens with one attached hydrogen (secondary N) is 1. The molecule has 18 heavy (non-hydrogen) atoms. The fraction of sp³-hybridized carbons (Fsp3) is 0.500. The van der Waals surface area contributed by atoms with E-state index in [1.54, 1.807) is 13.3 Å². The van der Waals surface area contributed by atoms with Gasteiger partial charge in [0.05, 0.1) is 12.8 Å². The molecule has 0 radical (unpaired) electrons. The maximum absolute atomic E-state index is 11.7. The van der Waals surface area contributed by atoms with Crippen LogP contribution in [0.4, 0.5) is 4.79 Å². The van der Waals surface area contributed by atoms with Crippen LogP contribution in [0.1, 0.15) is 24.2 Å². The zero-order valence-electron chi connectivity index (χ0n) is 10.6. The van der Waals surface area contributed by atoms with Crippen LogP contribution in [-0.4, -0.2) is 35.6 Å². The SMILES string of the molecule is Cc1ccoc1CN(C)C(=O)NCCCC(=O)O. The second kappa shape index (κ2) is 6.68. The Kier molecular flexibility index (Phi) is 5.23. The van der Waals surface area contributed by atoms with Crippen LogP contribution in [0.25, 0.3) is 0 Å². The molecule has 0 aliphatic carbocycles. The molecule has 0 aliphatic heterocycles. The van der Waals surface area contributed by atoms with Crippen LogP contribution in [0.5, 0.6) is 0 Å². The highest BCUT2D eigenvalue weighted by atomic mass is 16.4. The lowest BCUT2D eigenvalue weighted by Crippen LogP contribution is -2.37. The molecule has 1 aromatic heterocycles. The first kappa shape index (κ1) is 14.1. The van der Waals surface area contributed by atoms with Gasteiger partial charge in [0.1, 0.15) is 5.76 Å². The second-order valence-corrected chi connectivity index (χ2v) is 4.11. The Bertz CT molecular complexity index is 414. The van der Waals surface area contributed by atoms with Crippen LogP contribution in [0.2, 0.25) is 0 Å². The van der Waals surface area contributed by atoms with Crippen molar-refractivity contribution in [2.45, 2.75) is 26.3 Å². The number of hydrogen-bond acceptors (Lipinski definition) is 3. The zero-order chi connectivity index (χ0) is 13.5.